The molecule has 1 unspecified atom stereocenters. The molecule has 184 valence electrons. The van der Waals surface area contributed by atoms with E-state index in [1.165, 1.54) is 83.5 Å². The number of halogens is 1. The van der Waals surface area contributed by atoms with E-state index in [1.807, 2.05) is 35.2 Å². The van der Waals surface area contributed by atoms with Gasteiger partial charge in [-0.3, -0.25) is 0 Å². The first kappa shape index (κ1) is 28.8. The monoisotopic (exact) mass is 466 g/mol. The summed E-state index contributed by atoms with van der Waals surface area (Å²) < 4.78 is 8.06. The van der Waals surface area contributed by atoms with E-state index in [4.69, 9.17) is 4.52 Å². The minimum Gasteiger partial charge on any atom is -1.00 e. The summed E-state index contributed by atoms with van der Waals surface area (Å²) in [5.74, 6) is 0.383. The van der Waals surface area contributed by atoms with Gasteiger partial charge in [-0.1, -0.05) is 96.1 Å². The molecule has 0 bridgehead atoms. The molecule has 0 aromatic carbocycles. The minimum atomic E-state index is 0. The molecular weight excluding hydrogens is 420 g/mol. The Morgan fingerprint density at radius 1 is 0.812 bits per heavy atom. The lowest BCUT2D eigenvalue weighted by Crippen LogP contribution is -3.00. The number of quaternary nitrogens is 1. The third-order valence-electron chi connectivity index (χ3n) is 6.72. The van der Waals surface area contributed by atoms with Gasteiger partial charge in [0.2, 0.25) is 0 Å². The summed E-state index contributed by atoms with van der Waals surface area (Å²) in [7, 11) is 0. The highest BCUT2D eigenvalue weighted by Gasteiger charge is 2.41. The van der Waals surface area contributed by atoms with E-state index in [1.54, 1.807) is 6.26 Å². The molecule has 2 rings (SSSR count). The fraction of sp³-hybridized carbons (Fsp3) is 0.741. The van der Waals surface area contributed by atoms with Gasteiger partial charge >= 0.3 is 5.91 Å². The molecule has 32 heavy (non-hydrogen) atoms. The predicted octanol–water partition coefficient (Wildman–Crippen LogP) is 4.79. The Morgan fingerprint density at radius 2 is 1.38 bits per heavy atom. The molecular formula is C27H47ClN2O2. The van der Waals surface area contributed by atoms with Crippen LogP contribution in [0, 0.1) is 0 Å². The maximum atomic E-state index is 12.7. The lowest BCUT2D eigenvalue weighted by atomic mass is 10.0. The molecule has 4 nitrogen and oxygen atoms in total. The second kappa shape index (κ2) is 18.2. The number of carbonyl (C=O) groups excluding carboxylic acids is 1. The van der Waals surface area contributed by atoms with E-state index in [9.17, 15) is 4.79 Å². The van der Waals surface area contributed by atoms with Crippen molar-refractivity contribution >= 4 is 5.91 Å². The average Bonchev–Trinajstić information content (AvgIpc) is 3.10. The zero-order chi connectivity index (χ0) is 22.0. The average molecular weight is 467 g/mol. The van der Waals surface area contributed by atoms with Crippen LogP contribution < -0.4 is 12.4 Å². The van der Waals surface area contributed by atoms with Crippen LogP contribution in [-0.4, -0.2) is 28.2 Å². The predicted molar refractivity (Wildman–Crippen MR) is 129 cm³/mol. The summed E-state index contributed by atoms with van der Waals surface area (Å²) in [6, 6.07) is 7.76. The van der Waals surface area contributed by atoms with E-state index in [-0.39, 0.29) is 12.4 Å². The van der Waals surface area contributed by atoms with Crippen LogP contribution in [0.4, 0.5) is 0 Å². The number of likely N-dealkylation sites (tertiary alicyclic amines) is 1. The van der Waals surface area contributed by atoms with Gasteiger partial charge in [-0.25, -0.2) is 9.28 Å². The first-order valence-corrected chi connectivity index (χ1v) is 13.1. The number of carbonyl (C=O) groups is 1. The molecule has 1 aromatic rings. The number of amides is 1. The lowest BCUT2D eigenvalue weighted by Gasteiger charge is -2.31. The molecule has 1 atom stereocenters. The van der Waals surface area contributed by atoms with Gasteiger partial charge in [0.05, 0.1) is 19.5 Å². The van der Waals surface area contributed by atoms with Crippen molar-refractivity contribution in [2.75, 3.05) is 13.1 Å². The molecule has 2 heterocycles. The number of nitrogens with zero attached hydrogens (tertiary/aromatic N) is 2. The summed E-state index contributed by atoms with van der Waals surface area (Å²) in [5.41, 5.74) is 0. The first-order valence-electron chi connectivity index (χ1n) is 13.1. The highest BCUT2D eigenvalue weighted by molar-refractivity contribution is 5.70. The third-order valence-corrected chi connectivity index (χ3v) is 6.72. The standard InChI is InChI=1S/C27H47N2O2.ClH/c1-2-3-4-5-6-7-8-9-10-11-12-13-15-18-23-29(24-20-21-27(29)30)26-28-22-17-14-16-19-25-31-28;/h14,16-17,19,22,25H,2-13,15,18,20-21,23-24,26H2,1H3;1H/q+1;/p-1. The van der Waals surface area contributed by atoms with Gasteiger partial charge in [0, 0.05) is 12.6 Å². The maximum Gasteiger partial charge on any atom is 0.315 e. The Labute approximate surface area is 203 Å². The van der Waals surface area contributed by atoms with Crippen molar-refractivity contribution in [1.82, 2.24) is 4.74 Å². The maximum absolute atomic E-state index is 12.7. The highest BCUT2D eigenvalue weighted by atomic mass is 35.5. The van der Waals surface area contributed by atoms with Crippen LogP contribution in [0.1, 0.15) is 110 Å². The normalized spacial score (nSPS) is 17.8. The molecule has 0 N–H and O–H groups in total. The number of rotatable bonds is 17. The molecule has 0 aliphatic carbocycles. The summed E-state index contributed by atoms with van der Waals surface area (Å²) in [6.07, 6.45) is 24.4. The molecule has 1 aromatic heterocycles. The fourth-order valence-electron chi connectivity index (χ4n) is 4.78. The van der Waals surface area contributed by atoms with Gasteiger partial charge < -0.3 is 16.9 Å². The number of hydrogen-bond acceptors (Lipinski definition) is 2. The molecule has 0 radical (unpaired) electrons. The van der Waals surface area contributed by atoms with Crippen LogP contribution in [0.25, 0.3) is 0 Å². The third kappa shape index (κ3) is 11.6. The molecule has 5 heteroatoms. The lowest BCUT2D eigenvalue weighted by molar-refractivity contribution is -0.871. The van der Waals surface area contributed by atoms with Crippen molar-refractivity contribution in [2.24, 2.45) is 0 Å². The van der Waals surface area contributed by atoms with E-state index in [0.29, 0.717) is 23.5 Å². The van der Waals surface area contributed by atoms with E-state index in [2.05, 4.69) is 6.92 Å². The van der Waals surface area contributed by atoms with Gasteiger partial charge in [0.25, 0.3) is 0 Å². The molecule has 1 amide bonds. The van der Waals surface area contributed by atoms with Crippen LogP contribution in [-0.2, 0) is 11.5 Å². The van der Waals surface area contributed by atoms with Gasteiger partial charge in [-0.05, 0) is 25.0 Å². The van der Waals surface area contributed by atoms with Gasteiger partial charge in [0.15, 0.2) is 6.67 Å². The zero-order valence-corrected chi connectivity index (χ0v) is 21.2. The van der Waals surface area contributed by atoms with E-state index < -0.39 is 0 Å². The SMILES string of the molecule is CCCCCCCCCCCCCCCC[N+]1(Cn2cccccco2)CCCC1=O.[Cl-]. The van der Waals surface area contributed by atoms with Gasteiger partial charge in [-0.15, -0.1) is 0 Å². The molecule has 1 aliphatic rings. The van der Waals surface area contributed by atoms with E-state index in [0.717, 1.165) is 25.9 Å². The summed E-state index contributed by atoms with van der Waals surface area (Å²) in [4.78, 5) is 12.7. The molecule has 1 saturated heterocycles. The Bertz CT molecular complexity index is 621. The quantitative estimate of drug-likeness (QED) is 0.244. The molecule has 0 spiro atoms. The Balaban J connectivity index is 0.00000512. The van der Waals surface area contributed by atoms with Crippen LogP contribution in [0.15, 0.2) is 41.2 Å². The summed E-state index contributed by atoms with van der Waals surface area (Å²) >= 11 is 0. The fourth-order valence-corrected chi connectivity index (χ4v) is 4.78. The molecule has 1 fully saturated rings. The Hall–Kier alpha value is -1.26. The largest absolute Gasteiger partial charge is 1.00 e. The molecule has 1 aliphatic heterocycles. The van der Waals surface area contributed by atoms with E-state index >= 15 is 0 Å². The van der Waals surface area contributed by atoms with Crippen molar-refractivity contribution in [3.05, 3.63) is 36.7 Å². The number of unbranched alkanes of at least 4 members (excludes halogenated alkanes) is 13. The van der Waals surface area contributed by atoms with Gasteiger partial charge in [-0.2, -0.15) is 4.74 Å². The topological polar surface area (TPSA) is 35.1 Å². The summed E-state index contributed by atoms with van der Waals surface area (Å²) in [6.45, 7) is 4.80. The smallest absolute Gasteiger partial charge is 0.315 e. The highest BCUT2D eigenvalue weighted by Crippen LogP contribution is 2.24. The second-order valence-corrected chi connectivity index (χ2v) is 9.40. The second-order valence-electron chi connectivity index (χ2n) is 9.40. The minimum absolute atomic E-state index is 0. The van der Waals surface area contributed by atoms with Crippen LogP contribution in [0.5, 0.6) is 0 Å². The number of aromatic nitrogens is 1. The Kier molecular flexibility index (Phi) is 16.4. The van der Waals surface area contributed by atoms with Gasteiger partial charge in [0.1, 0.15) is 6.26 Å². The van der Waals surface area contributed by atoms with Crippen molar-refractivity contribution in [1.29, 1.82) is 0 Å². The number of hydrogen-bond donors (Lipinski definition) is 0. The van der Waals surface area contributed by atoms with Crippen molar-refractivity contribution in [3.63, 3.8) is 0 Å². The van der Waals surface area contributed by atoms with Crippen molar-refractivity contribution < 1.29 is 26.2 Å². The molecule has 0 saturated carbocycles. The van der Waals surface area contributed by atoms with Crippen LogP contribution in [0.2, 0.25) is 0 Å². The van der Waals surface area contributed by atoms with Crippen molar-refractivity contribution in [2.45, 2.75) is 116 Å². The Morgan fingerprint density at radius 3 is 1.94 bits per heavy atom. The zero-order valence-electron chi connectivity index (χ0n) is 20.5. The van der Waals surface area contributed by atoms with Crippen molar-refractivity contribution in [3.8, 4) is 0 Å². The van der Waals surface area contributed by atoms with Crippen LogP contribution >= 0.6 is 0 Å². The first-order chi connectivity index (χ1) is 15.3. The van der Waals surface area contributed by atoms with Crippen LogP contribution in [0.3, 0.4) is 0 Å². The summed E-state index contributed by atoms with van der Waals surface area (Å²) in [5, 5.41) is 0.